The summed E-state index contributed by atoms with van der Waals surface area (Å²) in [5.41, 5.74) is 1.73. The van der Waals surface area contributed by atoms with E-state index in [-0.39, 0.29) is 24.0 Å². The standard InChI is InChI=1S/C23H32O5/c1-3-5-14-27-23(25)20-13-12-19(15-21(20)16-6-7-16)28-18-10-8-17(9-11-18)22(24)26-4-2/h12-13,15-18H,3-11,14H2,1-2H3. The fraction of sp³-hybridized carbons (Fsp3) is 0.652. The van der Waals surface area contributed by atoms with E-state index in [2.05, 4.69) is 6.92 Å². The van der Waals surface area contributed by atoms with Crippen LogP contribution in [-0.2, 0) is 14.3 Å². The Morgan fingerprint density at radius 2 is 1.75 bits per heavy atom. The molecule has 0 heterocycles. The molecule has 0 N–H and O–H groups in total. The largest absolute Gasteiger partial charge is 0.490 e. The monoisotopic (exact) mass is 388 g/mol. The van der Waals surface area contributed by atoms with Crippen LogP contribution in [0.3, 0.4) is 0 Å². The number of rotatable bonds is 9. The maximum Gasteiger partial charge on any atom is 0.338 e. The molecule has 0 aromatic heterocycles. The molecule has 0 aliphatic heterocycles. The first-order chi connectivity index (χ1) is 13.6. The van der Waals surface area contributed by atoms with E-state index in [1.54, 1.807) is 0 Å². The average molecular weight is 389 g/mol. The topological polar surface area (TPSA) is 61.8 Å². The van der Waals surface area contributed by atoms with E-state index in [1.807, 2.05) is 25.1 Å². The summed E-state index contributed by atoms with van der Waals surface area (Å²) in [5.74, 6) is 0.949. The first-order valence-corrected chi connectivity index (χ1v) is 10.8. The molecule has 0 amide bonds. The highest BCUT2D eigenvalue weighted by Crippen LogP contribution is 2.43. The average Bonchev–Trinajstić information content (AvgIpc) is 3.54. The molecule has 2 aliphatic carbocycles. The van der Waals surface area contributed by atoms with Gasteiger partial charge in [0.25, 0.3) is 0 Å². The van der Waals surface area contributed by atoms with Gasteiger partial charge >= 0.3 is 11.9 Å². The van der Waals surface area contributed by atoms with Crippen LogP contribution in [-0.4, -0.2) is 31.3 Å². The third kappa shape index (κ3) is 5.49. The van der Waals surface area contributed by atoms with Crippen LogP contribution < -0.4 is 4.74 Å². The zero-order valence-corrected chi connectivity index (χ0v) is 17.1. The molecule has 154 valence electrons. The molecule has 0 spiro atoms. The van der Waals surface area contributed by atoms with Crippen LogP contribution in [0.15, 0.2) is 18.2 Å². The van der Waals surface area contributed by atoms with Gasteiger partial charge in [0, 0.05) is 0 Å². The minimum absolute atomic E-state index is 0.00194. The number of unbranched alkanes of at least 4 members (excludes halogenated alkanes) is 1. The molecule has 1 aromatic rings. The summed E-state index contributed by atoms with van der Waals surface area (Å²) in [7, 11) is 0. The van der Waals surface area contributed by atoms with Gasteiger partial charge in [0.1, 0.15) is 5.75 Å². The van der Waals surface area contributed by atoms with Gasteiger partial charge in [-0.15, -0.1) is 0 Å². The van der Waals surface area contributed by atoms with Crippen LogP contribution in [0.5, 0.6) is 5.75 Å². The summed E-state index contributed by atoms with van der Waals surface area (Å²) in [6.07, 6.45) is 7.55. The molecule has 0 radical (unpaired) electrons. The molecule has 0 unspecified atom stereocenters. The van der Waals surface area contributed by atoms with Crippen molar-refractivity contribution in [3.8, 4) is 5.75 Å². The highest BCUT2D eigenvalue weighted by atomic mass is 16.5. The predicted octanol–water partition coefficient (Wildman–Crippen LogP) is 5.02. The second kappa shape index (κ2) is 9.94. The van der Waals surface area contributed by atoms with E-state index < -0.39 is 0 Å². The Bertz CT molecular complexity index is 672. The number of esters is 2. The molecule has 1 aromatic carbocycles. The molecule has 2 saturated carbocycles. The Morgan fingerprint density at radius 1 is 1.00 bits per heavy atom. The van der Waals surface area contributed by atoms with Crippen LogP contribution in [0.4, 0.5) is 0 Å². The summed E-state index contributed by atoms with van der Waals surface area (Å²) >= 11 is 0. The van der Waals surface area contributed by atoms with E-state index in [9.17, 15) is 9.59 Å². The van der Waals surface area contributed by atoms with Gasteiger partial charge in [-0.05, 0) is 81.5 Å². The quantitative estimate of drug-likeness (QED) is 0.439. The normalized spacial score (nSPS) is 21.8. The Kier molecular flexibility index (Phi) is 7.35. The minimum Gasteiger partial charge on any atom is -0.490 e. The molecular formula is C23H32O5. The lowest BCUT2D eigenvalue weighted by atomic mass is 9.87. The van der Waals surface area contributed by atoms with Crippen molar-refractivity contribution in [2.24, 2.45) is 5.92 Å². The summed E-state index contributed by atoms with van der Waals surface area (Å²) < 4.78 is 16.7. The fourth-order valence-electron chi connectivity index (χ4n) is 3.79. The Balaban J connectivity index is 1.59. The van der Waals surface area contributed by atoms with Gasteiger partial charge in [0.15, 0.2) is 0 Å². The van der Waals surface area contributed by atoms with E-state index in [0.29, 0.717) is 24.7 Å². The number of benzene rings is 1. The van der Waals surface area contributed by atoms with Crippen molar-refractivity contribution in [2.75, 3.05) is 13.2 Å². The number of ether oxygens (including phenoxy) is 3. The van der Waals surface area contributed by atoms with Gasteiger partial charge in [-0.25, -0.2) is 4.79 Å². The first kappa shape index (κ1) is 20.7. The fourth-order valence-corrected chi connectivity index (χ4v) is 3.79. The molecular weight excluding hydrogens is 356 g/mol. The molecule has 28 heavy (non-hydrogen) atoms. The minimum atomic E-state index is -0.225. The summed E-state index contributed by atoms with van der Waals surface area (Å²) in [6.45, 7) is 4.83. The highest BCUT2D eigenvalue weighted by molar-refractivity contribution is 5.91. The Labute approximate surface area is 167 Å². The van der Waals surface area contributed by atoms with Crippen molar-refractivity contribution in [3.63, 3.8) is 0 Å². The number of carbonyl (C=O) groups excluding carboxylic acids is 2. The van der Waals surface area contributed by atoms with Gasteiger partial charge < -0.3 is 14.2 Å². The third-order valence-corrected chi connectivity index (χ3v) is 5.59. The molecule has 5 nitrogen and oxygen atoms in total. The van der Waals surface area contributed by atoms with Crippen LogP contribution in [0.1, 0.15) is 87.1 Å². The van der Waals surface area contributed by atoms with Crippen molar-refractivity contribution in [1.29, 1.82) is 0 Å². The van der Waals surface area contributed by atoms with E-state index in [4.69, 9.17) is 14.2 Å². The van der Waals surface area contributed by atoms with E-state index >= 15 is 0 Å². The third-order valence-electron chi connectivity index (χ3n) is 5.59. The van der Waals surface area contributed by atoms with Gasteiger partial charge in [0.05, 0.1) is 30.8 Å². The van der Waals surface area contributed by atoms with Crippen LogP contribution in [0.2, 0.25) is 0 Å². The van der Waals surface area contributed by atoms with Gasteiger partial charge in [0.2, 0.25) is 0 Å². The van der Waals surface area contributed by atoms with Crippen molar-refractivity contribution < 1.29 is 23.8 Å². The van der Waals surface area contributed by atoms with Crippen LogP contribution in [0.25, 0.3) is 0 Å². The molecule has 0 bridgehead atoms. The van der Waals surface area contributed by atoms with Crippen molar-refractivity contribution in [2.45, 2.75) is 77.2 Å². The van der Waals surface area contributed by atoms with E-state index in [0.717, 1.165) is 62.7 Å². The highest BCUT2D eigenvalue weighted by Gasteiger charge is 2.31. The predicted molar refractivity (Wildman–Crippen MR) is 107 cm³/mol. The zero-order chi connectivity index (χ0) is 19.9. The summed E-state index contributed by atoms with van der Waals surface area (Å²) in [4.78, 5) is 24.3. The maximum atomic E-state index is 12.4. The lowest BCUT2D eigenvalue weighted by molar-refractivity contribution is -0.149. The number of carbonyl (C=O) groups is 2. The van der Waals surface area contributed by atoms with Gasteiger partial charge in [-0.3, -0.25) is 4.79 Å². The maximum absolute atomic E-state index is 12.4. The van der Waals surface area contributed by atoms with Gasteiger partial charge in [-0.2, -0.15) is 0 Å². The lowest BCUT2D eigenvalue weighted by Gasteiger charge is -2.28. The second-order valence-corrected chi connectivity index (χ2v) is 7.86. The molecule has 2 fully saturated rings. The molecule has 3 rings (SSSR count). The van der Waals surface area contributed by atoms with Gasteiger partial charge in [-0.1, -0.05) is 13.3 Å². The summed E-state index contributed by atoms with van der Waals surface area (Å²) in [6, 6.07) is 5.74. The van der Waals surface area contributed by atoms with Crippen LogP contribution in [0, 0.1) is 5.92 Å². The van der Waals surface area contributed by atoms with Crippen molar-refractivity contribution in [1.82, 2.24) is 0 Å². The smallest absolute Gasteiger partial charge is 0.338 e. The Morgan fingerprint density at radius 3 is 2.39 bits per heavy atom. The second-order valence-electron chi connectivity index (χ2n) is 7.86. The lowest BCUT2D eigenvalue weighted by Crippen LogP contribution is -2.29. The Hall–Kier alpha value is -2.04. The van der Waals surface area contributed by atoms with Crippen molar-refractivity contribution in [3.05, 3.63) is 29.3 Å². The molecule has 2 aliphatic rings. The number of hydrogen-bond acceptors (Lipinski definition) is 5. The first-order valence-electron chi connectivity index (χ1n) is 10.8. The van der Waals surface area contributed by atoms with Crippen molar-refractivity contribution >= 4 is 11.9 Å². The van der Waals surface area contributed by atoms with Crippen LogP contribution >= 0.6 is 0 Å². The molecule has 0 saturated heterocycles. The molecule has 5 heteroatoms. The zero-order valence-electron chi connectivity index (χ0n) is 17.1. The number of hydrogen-bond donors (Lipinski definition) is 0. The summed E-state index contributed by atoms with van der Waals surface area (Å²) in [5, 5.41) is 0. The molecule has 0 atom stereocenters. The van der Waals surface area contributed by atoms with E-state index in [1.165, 1.54) is 0 Å². The SMILES string of the molecule is CCCCOC(=O)c1ccc(OC2CCC(C(=O)OCC)CC2)cc1C1CC1.